The molecule has 0 unspecified atom stereocenters. The van der Waals surface area contributed by atoms with Crippen LogP contribution in [-0.2, 0) is 10.0 Å². The number of ether oxygens (including phenoxy) is 1. The highest BCUT2D eigenvalue weighted by atomic mass is 32.2. The SMILES string of the molecule is COc1ccc(S(=O)(=O)Nc2ccc3ccccc3c2)cc1C(=O)NC(C)C. The Kier molecular flexibility index (Phi) is 5.56. The maximum absolute atomic E-state index is 12.9. The Hall–Kier alpha value is -3.06. The zero-order chi connectivity index (χ0) is 20.3. The van der Waals surface area contributed by atoms with Gasteiger partial charge in [-0.05, 0) is 55.0 Å². The number of carbonyl (C=O) groups excluding carboxylic acids is 1. The lowest BCUT2D eigenvalue weighted by Crippen LogP contribution is -2.30. The van der Waals surface area contributed by atoms with E-state index in [1.807, 2.05) is 44.2 Å². The molecule has 0 saturated heterocycles. The van der Waals surface area contributed by atoms with E-state index in [1.165, 1.54) is 25.3 Å². The third kappa shape index (κ3) is 4.26. The second-order valence-electron chi connectivity index (χ2n) is 6.66. The fraction of sp³-hybridized carbons (Fsp3) is 0.190. The first-order valence-corrected chi connectivity index (χ1v) is 10.3. The van der Waals surface area contributed by atoms with Gasteiger partial charge in [0.15, 0.2) is 0 Å². The monoisotopic (exact) mass is 398 g/mol. The lowest BCUT2D eigenvalue weighted by atomic mass is 10.1. The van der Waals surface area contributed by atoms with Crippen LogP contribution in [0, 0.1) is 0 Å². The molecule has 28 heavy (non-hydrogen) atoms. The van der Waals surface area contributed by atoms with Crippen molar-refractivity contribution in [2.45, 2.75) is 24.8 Å². The van der Waals surface area contributed by atoms with Gasteiger partial charge in [-0.15, -0.1) is 0 Å². The second kappa shape index (κ2) is 7.90. The average Bonchev–Trinajstić information content (AvgIpc) is 2.66. The van der Waals surface area contributed by atoms with Crippen LogP contribution < -0.4 is 14.8 Å². The van der Waals surface area contributed by atoms with Crippen molar-refractivity contribution in [3.8, 4) is 5.75 Å². The highest BCUT2D eigenvalue weighted by Gasteiger charge is 2.20. The zero-order valence-corrected chi connectivity index (χ0v) is 16.7. The number of hydrogen-bond acceptors (Lipinski definition) is 4. The van der Waals surface area contributed by atoms with Crippen LogP contribution >= 0.6 is 0 Å². The van der Waals surface area contributed by atoms with E-state index in [1.54, 1.807) is 12.1 Å². The molecule has 0 heterocycles. The van der Waals surface area contributed by atoms with Crippen LogP contribution in [0.1, 0.15) is 24.2 Å². The highest BCUT2D eigenvalue weighted by Crippen LogP contribution is 2.25. The first-order chi connectivity index (χ1) is 13.3. The van der Waals surface area contributed by atoms with Gasteiger partial charge in [0.25, 0.3) is 15.9 Å². The van der Waals surface area contributed by atoms with Crippen LogP contribution in [0.3, 0.4) is 0 Å². The number of nitrogens with one attached hydrogen (secondary N) is 2. The Morgan fingerprint density at radius 2 is 1.68 bits per heavy atom. The van der Waals surface area contributed by atoms with Crippen molar-refractivity contribution < 1.29 is 17.9 Å². The molecule has 7 heteroatoms. The zero-order valence-electron chi connectivity index (χ0n) is 15.9. The van der Waals surface area contributed by atoms with Gasteiger partial charge in [-0.3, -0.25) is 9.52 Å². The molecule has 0 fully saturated rings. The van der Waals surface area contributed by atoms with Crippen molar-refractivity contribution in [3.05, 3.63) is 66.2 Å². The minimum absolute atomic E-state index is 0.0182. The quantitative estimate of drug-likeness (QED) is 0.662. The smallest absolute Gasteiger partial charge is 0.261 e. The predicted molar refractivity (Wildman–Crippen MR) is 110 cm³/mol. The molecule has 0 bridgehead atoms. The van der Waals surface area contributed by atoms with Gasteiger partial charge in [0, 0.05) is 11.7 Å². The lowest BCUT2D eigenvalue weighted by Gasteiger charge is -2.14. The predicted octanol–water partition coefficient (Wildman–Crippen LogP) is 3.79. The first kappa shape index (κ1) is 19.7. The number of hydrogen-bond donors (Lipinski definition) is 2. The summed E-state index contributed by atoms with van der Waals surface area (Å²) in [4.78, 5) is 12.4. The lowest BCUT2D eigenvalue weighted by molar-refractivity contribution is 0.0940. The van der Waals surface area contributed by atoms with Gasteiger partial charge >= 0.3 is 0 Å². The van der Waals surface area contributed by atoms with E-state index in [0.717, 1.165) is 10.8 Å². The van der Waals surface area contributed by atoms with E-state index in [4.69, 9.17) is 4.74 Å². The molecule has 146 valence electrons. The molecule has 0 aliphatic heterocycles. The fourth-order valence-corrected chi connectivity index (χ4v) is 3.91. The molecule has 0 aliphatic rings. The van der Waals surface area contributed by atoms with Crippen LogP contribution in [0.15, 0.2) is 65.6 Å². The number of sulfonamides is 1. The van der Waals surface area contributed by atoms with Crippen molar-refractivity contribution >= 4 is 32.4 Å². The second-order valence-corrected chi connectivity index (χ2v) is 8.34. The van der Waals surface area contributed by atoms with Crippen molar-refractivity contribution in [1.29, 1.82) is 0 Å². The molecule has 3 rings (SSSR count). The molecular weight excluding hydrogens is 376 g/mol. The molecular formula is C21H22N2O4S. The van der Waals surface area contributed by atoms with Gasteiger partial charge in [-0.1, -0.05) is 30.3 Å². The van der Waals surface area contributed by atoms with E-state index < -0.39 is 15.9 Å². The summed E-state index contributed by atoms with van der Waals surface area (Å²) in [5.41, 5.74) is 0.611. The summed E-state index contributed by atoms with van der Waals surface area (Å²) in [6.07, 6.45) is 0. The number of methoxy groups -OCH3 is 1. The molecule has 6 nitrogen and oxygen atoms in total. The molecule has 3 aromatic carbocycles. The minimum atomic E-state index is -3.88. The van der Waals surface area contributed by atoms with Gasteiger partial charge in [-0.2, -0.15) is 0 Å². The normalized spacial score (nSPS) is 11.4. The summed E-state index contributed by atoms with van der Waals surface area (Å²) in [7, 11) is -2.44. The standard InChI is InChI=1S/C21H22N2O4S/c1-14(2)22-21(24)19-13-18(10-11-20(19)27-3)28(25,26)23-17-9-8-15-6-4-5-7-16(15)12-17/h4-14,23H,1-3H3,(H,22,24). The van der Waals surface area contributed by atoms with Crippen molar-refractivity contribution in [2.24, 2.45) is 0 Å². The summed E-state index contributed by atoms with van der Waals surface area (Å²) in [5, 5.41) is 4.69. The number of rotatable bonds is 6. The van der Waals surface area contributed by atoms with Crippen LogP contribution in [0.2, 0.25) is 0 Å². The Labute approximate surface area is 164 Å². The molecule has 0 aliphatic carbocycles. The molecule has 0 saturated carbocycles. The summed E-state index contributed by atoms with van der Waals surface area (Å²) < 4.78 is 33.5. The molecule has 0 spiro atoms. The number of fused-ring (bicyclic) bond motifs is 1. The van der Waals surface area contributed by atoms with Gasteiger partial charge in [0.2, 0.25) is 0 Å². The Bertz CT molecular complexity index is 1120. The summed E-state index contributed by atoms with van der Waals surface area (Å²) >= 11 is 0. The highest BCUT2D eigenvalue weighted by molar-refractivity contribution is 7.92. The van der Waals surface area contributed by atoms with Crippen molar-refractivity contribution in [3.63, 3.8) is 0 Å². The summed E-state index contributed by atoms with van der Waals surface area (Å²) in [5.74, 6) is -0.0857. The van der Waals surface area contributed by atoms with Crippen LogP contribution in [0.5, 0.6) is 5.75 Å². The van der Waals surface area contributed by atoms with Crippen molar-refractivity contribution in [1.82, 2.24) is 5.32 Å². The largest absolute Gasteiger partial charge is 0.496 e. The number of amides is 1. The van der Waals surface area contributed by atoms with Gasteiger partial charge in [0.05, 0.1) is 17.6 Å². The number of benzene rings is 3. The maximum atomic E-state index is 12.9. The number of carbonyl (C=O) groups is 1. The minimum Gasteiger partial charge on any atom is -0.496 e. The van der Waals surface area contributed by atoms with Gasteiger partial charge in [-0.25, -0.2) is 8.42 Å². The van der Waals surface area contributed by atoms with Crippen LogP contribution in [0.4, 0.5) is 5.69 Å². The summed E-state index contributed by atoms with van der Waals surface area (Å²) in [6.45, 7) is 3.65. The Balaban J connectivity index is 1.95. The van der Waals surface area contributed by atoms with Gasteiger partial charge in [0.1, 0.15) is 5.75 Å². The van der Waals surface area contributed by atoms with E-state index >= 15 is 0 Å². The van der Waals surface area contributed by atoms with Gasteiger partial charge < -0.3 is 10.1 Å². The molecule has 1 amide bonds. The molecule has 3 aromatic rings. The Morgan fingerprint density at radius 3 is 2.36 bits per heavy atom. The number of anilines is 1. The third-order valence-electron chi connectivity index (χ3n) is 4.15. The van der Waals surface area contributed by atoms with E-state index in [2.05, 4.69) is 10.0 Å². The first-order valence-electron chi connectivity index (χ1n) is 8.80. The molecule has 0 radical (unpaired) electrons. The third-order valence-corrected chi connectivity index (χ3v) is 5.53. The van der Waals surface area contributed by atoms with Crippen LogP contribution in [0.25, 0.3) is 10.8 Å². The van der Waals surface area contributed by atoms with E-state index in [0.29, 0.717) is 11.4 Å². The maximum Gasteiger partial charge on any atom is 0.261 e. The molecule has 0 aromatic heterocycles. The summed E-state index contributed by atoms with van der Waals surface area (Å²) in [6, 6.07) is 17.1. The molecule has 0 atom stereocenters. The molecule has 2 N–H and O–H groups in total. The van der Waals surface area contributed by atoms with E-state index in [9.17, 15) is 13.2 Å². The Morgan fingerprint density at radius 1 is 0.964 bits per heavy atom. The topological polar surface area (TPSA) is 84.5 Å². The van der Waals surface area contributed by atoms with Crippen molar-refractivity contribution in [2.75, 3.05) is 11.8 Å². The van der Waals surface area contributed by atoms with E-state index in [-0.39, 0.29) is 16.5 Å². The average molecular weight is 398 g/mol. The fourth-order valence-electron chi connectivity index (χ4n) is 2.84. The van der Waals surface area contributed by atoms with Crippen LogP contribution in [-0.4, -0.2) is 27.5 Å².